The van der Waals surface area contributed by atoms with Crippen molar-refractivity contribution in [3.8, 4) is 0 Å². The van der Waals surface area contributed by atoms with E-state index in [2.05, 4.69) is 10.6 Å². The Morgan fingerprint density at radius 2 is 1.97 bits per heavy atom. The number of benzene rings is 1. The van der Waals surface area contributed by atoms with Gasteiger partial charge in [0, 0.05) is 36.8 Å². The topological polar surface area (TPSA) is 134 Å². The van der Waals surface area contributed by atoms with Crippen LogP contribution in [0.25, 0.3) is 0 Å². The minimum Gasteiger partial charge on any atom is -0.388 e. The number of aliphatic hydroxyl groups excluding tert-OH is 1. The summed E-state index contributed by atoms with van der Waals surface area (Å²) in [6, 6.07) is 6.28. The number of rotatable bonds is 5. The van der Waals surface area contributed by atoms with E-state index in [0.717, 1.165) is 0 Å². The van der Waals surface area contributed by atoms with Crippen LogP contribution in [0.1, 0.15) is 12.8 Å². The number of nitrogens with zero attached hydrogens (tertiary/aromatic N) is 1. The van der Waals surface area contributed by atoms with Gasteiger partial charge in [-0.25, -0.2) is 13.2 Å². The molecule has 3 aliphatic rings. The molecule has 1 aromatic carbocycles. The van der Waals surface area contributed by atoms with Crippen molar-refractivity contribution in [2.45, 2.75) is 43.4 Å². The first-order chi connectivity index (χ1) is 15.2. The third-order valence-corrected chi connectivity index (χ3v) is 7.77. The number of urea groups is 1. The standard InChI is InChI=1S/C20H26ClN3O7S/c21-12-2-1-3-13(8-12)23-20(27)22-11-16-18(26)19-15(31-16)9-14(30-19)10-17(25)24-4-6-32(28,29)7-5-24/h1-3,8,14-16,18-19,26H,4-7,9-11H2,(H2,22,23,27)/t14-,15+,16+,18+,19-/m0/s1. The predicted octanol–water partition coefficient (Wildman–Crippen LogP) is 0.394. The van der Waals surface area contributed by atoms with Crippen molar-refractivity contribution in [1.29, 1.82) is 0 Å². The number of hydrogen-bond acceptors (Lipinski definition) is 7. The van der Waals surface area contributed by atoms with E-state index in [1.807, 2.05) is 0 Å². The predicted molar refractivity (Wildman–Crippen MR) is 116 cm³/mol. The van der Waals surface area contributed by atoms with E-state index in [0.29, 0.717) is 17.1 Å². The van der Waals surface area contributed by atoms with Crippen molar-refractivity contribution in [2.75, 3.05) is 36.5 Å². The molecule has 0 aromatic heterocycles. The molecule has 0 radical (unpaired) electrons. The second-order valence-electron chi connectivity index (χ2n) is 8.24. The van der Waals surface area contributed by atoms with Crippen molar-refractivity contribution < 1.29 is 32.6 Å². The average Bonchev–Trinajstić information content (AvgIpc) is 3.24. The quantitative estimate of drug-likeness (QED) is 0.547. The lowest BCUT2D eigenvalue weighted by Crippen LogP contribution is -2.45. The molecule has 0 aliphatic carbocycles. The maximum Gasteiger partial charge on any atom is 0.319 e. The van der Waals surface area contributed by atoms with E-state index in [4.69, 9.17) is 21.1 Å². The molecule has 3 saturated heterocycles. The maximum atomic E-state index is 12.5. The van der Waals surface area contributed by atoms with E-state index < -0.39 is 40.3 Å². The maximum absolute atomic E-state index is 12.5. The summed E-state index contributed by atoms with van der Waals surface area (Å²) in [5.74, 6) is -0.191. The van der Waals surface area contributed by atoms with Gasteiger partial charge < -0.3 is 30.1 Å². The number of carbonyl (C=O) groups excluding carboxylic acids is 2. The monoisotopic (exact) mass is 487 g/mol. The number of anilines is 1. The zero-order valence-corrected chi connectivity index (χ0v) is 18.8. The molecule has 5 atom stereocenters. The Hall–Kier alpha value is -1.92. The fourth-order valence-electron chi connectivity index (χ4n) is 4.23. The number of hydrogen-bond donors (Lipinski definition) is 3. The molecule has 3 aliphatic heterocycles. The van der Waals surface area contributed by atoms with Crippen LogP contribution in [0.3, 0.4) is 0 Å². The summed E-state index contributed by atoms with van der Waals surface area (Å²) >= 11 is 5.89. The van der Waals surface area contributed by atoms with Gasteiger partial charge in [0.05, 0.1) is 30.1 Å². The highest BCUT2D eigenvalue weighted by Crippen LogP contribution is 2.35. The summed E-state index contributed by atoms with van der Waals surface area (Å²) < 4.78 is 34.8. The molecule has 3 heterocycles. The third-order valence-electron chi connectivity index (χ3n) is 5.92. The van der Waals surface area contributed by atoms with Gasteiger partial charge in [-0.05, 0) is 18.2 Å². The number of carbonyl (C=O) groups is 2. The zero-order chi connectivity index (χ0) is 22.9. The van der Waals surface area contributed by atoms with Crippen LogP contribution in [0.4, 0.5) is 10.5 Å². The van der Waals surface area contributed by atoms with E-state index in [-0.39, 0.29) is 49.6 Å². The van der Waals surface area contributed by atoms with Crippen molar-refractivity contribution in [1.82, 2.24) is 10.2 Å². The van der Waals surface area contributed by atoms with E-state index in [1.165, 1.54) is 0 Å². The number of sulfone groups is 1. The molecule has 32 heavy (non-hydrogen) atoms. The molecule has 0 bridgehead atoms. The molecule has 0 spiro atoms. The molecule has 0 saturated carbocycles. The van der Waals surface area contributed by atoms with Crippen molar-refractivity contribution in [3.63, 3.8) is 0 Å². The molecule has 176 valence electrons. The molecule has 10 nitrogen and oxygen atoms in total. The van der Waals surface area contributed by atoms with Gasteiger partial charge in [0.25, 0.3) is 0 Å². The van der Waals surface area contributed by atoms with Gasteiger partial charge in [0.1, 0.15) is 18.3 Å². The second kappa shape index (κ2) is 9.52. The Morgan fingerprint density at radius 1 is 1.22 bits per heavy atom. The Morgan fingerprint density at radius 3 is 2.66 bits per heavy atom. The lowest BCUT2D eigenvalue weighted by atomic mass is 10.1. The van der Waals surface area contributed by atoms with Crippen LogP contribution >= 0.6 is 11.6 Å². The lowest BCUT2D eigenvalue weighted by Gasteiger charge is -2.28. The van der Waals surface area contributed by atoms with Crippen molar-refractivity contribution in [2.24, 2.45) is 0 Å². The summed E-state index contributed by atoms with van der Waals surface area (Å²) in [6.45, 7) is 0.492. The first-order valence-electron chi connectivity index (χ1n) is 10.5. The van der Waals surface area contributed by atoms with Crippen LogP contribution < -0.4 is 10.6 Å². The Bertz CT molecular complexity index is 962. The van der Waals surface area contributed by atoms with E-state index in [1.54, 1.807) is 29.2 Å². The van der Waals surface area contributed by atoms with E-state index >= 15 is 0 Å². The van der Waals surface area contributed by atoms with E-state index in [9.17, 15) is 23.1 Å². The molecular weight excluding hydrogens is 462 g/mol. The van der Waals surface area contributed by atoms with Gasteiger partial charge in [0.15, 0.2) is 9.84 Å². The molecular formula is C20H26ClN3O7S. The summed E-state index contributed by atoms with van der Waals surface area (Å²) in [5, 5.41) is 16.4. The van der Waals surface area contributed by atoms with Crippen molar-refractivity contribution in [3.05, 3.63) is 29.3 Å². The lowest BCUT2D eigenvalue weighted by molar-refractivity contribution is -0.134. The van der Waals surface area contributed by atoms with Gasteiger partial charge in [0.2, 0.25) is 5.91 Å². The number of aliphatic hydroxyl groups is 1. The highest BCUT2D eigenvalue weighted by molar-refractivity contribution is 7.91. The highest BCUT2D eigenvalue weighted by atomic mass is 35.5. The summed E-state index contributed by atoms with van der Waals surface area (Å²) in [6.07, 6.45) is -2.33. The minimum atomic E-state index is -3.05. The van der Waals surface area contributed by atoms with Crippen LogP contribution in [0.2, 0.25) is 5.02 Å². The van der Waals surface area contributed by atoms with Crippen LogP contribution in [0, 0.1) is 0 Å². The molecule has 0 unspecified atom stereocenters. The van der Waals surface area contributed by atoms with Crippen molar-refractivity contribution >= 4 is 39.1 Å². The van der Waals surface area contributed by atoms with Crippen LogP contribution in [-0.2, 0) is 24.1 Å². The molecule has 4 rings (SSSR count). The van der Waals surface area contributed by atoms with Crippen LogP contribution in [0.15, 0.2) is 24.3 Å². The second-order valence-corrected chi connectivity index (χ2v) is 11.0. The van der Waals surface area contributed by atoms with Crippen LogP contribution in [0.5, 0.6) is 0 Å². The number of halogens is 1. The molecule has 3 amide bonds. The summed E-state index contributed by atoms with van der Waals surface area (Å²) in [7, 11) is -3.05. The summed E-state index contributed by atoms with van der Waals surface area (Å²) in [4.78, 5) is 26.1. The molecule has 3 fully saturated rings. The third kappa shape index (κ3) is 5.52. The van der Waals surface area contributed by atoms with Gasteiger partial charge >= 0.3 is 6.03 Å². The largest absolute Gasteiger partial charge is 0.388 e. The zero-order valence-electron chi connectivity index (χ0n) is 17.3. The number of nitrogens with one attached hydrogen (secondary N) is 2. The first-order valence-corrected chi connectivity index (χ1v) is 12.7. The van der Waals surface area contributed by atoms with Gasteiger partial charge in [-0.15, -0.1) is 0 Å². The first kappa shape index (κ1) is 23.2. The molecule has 3 N–H and O–H groups in total. The minimum absolute atomic E-state index is 0.0170. The average molecular weight is 488 g/mol. The molecule has 12 heteroatoms. The molecule has 1 aromatic rings. The number of ether oxygens (including phenoxy) is 2. The van der Waals surface area contributed by atoms with Gasteiger partial charge in [-0.3, -0.25) is 4.79 Å². The fourth-order valence-corrected chi connectivity index (χ4v) is 5.62. The smallest absolute Gasteiger partial charge is 0.319 e. The number of fused-ring (bicyclic) bond motifs is 1. The Kier molecular flexibility index (Phi) is 6.91. The summed E-state index contributed by atoms with van der Waals surface area (Å²) in [5.41, 5.74) is 0.543. The van der Waals surface area contributed by atoms with Gasteiger partial charge in [-0.1, -0.05) is 17.7 Å². The Balaban J connectivity index is 1.21. The number of amides is 3. The fraction of sp³-hybridized carbons (Fsp3) is 0.600. The normalized spacial score (nSPS) is 31.2. The SMILES string of the molecule is O=C(NC[C@H]1O[C@@H]2C[C@@H](CC(=O)N3CCS(=O)(=O)CC3)O[C@@H]2[C@@H]1O)Nc1cccc(Cl)c1. The highest BCUT2D eigenvalue weighted by Gasteiger charge is 2.50. The van der Waals surface area contributed by atoms with Crippen LogP contribution in [-0.4, -0.2) is 92.0 Å². The van der Waals surface area contributed by atoms with Gasteiger partial charge in [-0.2, -0.15) is 0 Å². The Labute approximate surface area is 191 Å².